The zero-order chi connectivity index (χ0) is 23.5. The number of halogens is 3. The smallest absolute Gasteiger partial charge is 0.281 e. The minimum atomic E-state index is -0.293. The number of hydrogen-bond acceptors (Lipinski definition) is 5. The van der Waals surface area contributed by atoms with E-state index in [1.807, 2.05) is 6.92 Å². The van der Waals surface area contributed by atoms with Gasteiger partial charge in [0.05, 0.1) is 22.3 Å². The Hall–Kier alpha value is -2.71. The molecule has 0 spiro atoms. The van der Waals surface area contributed by atoms with Gasteiger partial charge in [-0.1, -0.05) is 34.8 Å². The van der Waals surface area contributed by atoms with Crippen molar-refractivity contribution < 1.29 is 18.7 Å². The topological polar surface area (TPSA) is 63.9 Å². The molecule has 6 nitrogen and oxygen atoms in total. The highest BCUT2D eigenvalue weighted by molar-refractivity contribution is 7.80. The quantitative estimate of drug-likeness (QED) is 0.282. The van der Waals surface area contributed by atoms with Crippen molar-refractivity contribution in [1.82, 2.24) is 5.32 Å². The number of nitrogens with one attached hydrogen (secondary N) is 1. The Morgan fingerprint density at radius 1 is 1.06 bits per heavy atom. The monoisotopic (exact) mass is 522 g/mol. The van der Waals surface area contributed by atoms with Gasteiger partial charge in [0.25, 0.3) is 5.91 Å². The van der Waals surface area contributed by atoms with Crippen LogP contribution in [0, 0.1) is 0 Å². The van der Waals surface area contributed by atoms with Crippen LogP contribution in [0.4, 0.5) is 5.69 Å². The first kappa shape index (κ1) is 23.4. The summed E-state index contributed by atoms with van der Waals surface area (Å²) in [6, 6.07) is 13.6. The summed E-state index contributed by atoms with van der Waals surface area (Å²) in [7, 11) is 0. The molecule has 33 heavy (non-hydrogen) atoms. The average molecular weight is 524 g/mol. The summed E-state index contributed by atoms with van der Waals surface area (Å²) in [6.07, 6.45) is 1.58. The molecule has 1 amide bonds. The van der Waals surface area contributed by atoms with Crippen LogP contribution in [0.5, 0.6) is 11.5 Å². The molecule has 10 heteroatoms. The highest BCUT2D eigenvalue weighted by Gasteiger charge is 2.32. The van der Waals surface area contributed by atoms with Gasteiger partial charge in [-0.15, -0.1) is 0 Å². The minimum absolute atomic E-state index is 0.0857. The number of anilines is 1. The first-order chi connectivity index (χ1) is 15.9. The standard InChI is InChI=1S/C23H17Cl3N2O4S/c1-2-30-15-5-3-14(4-6-15)28-22(29)20(27-23(28)33)11-16-7-8-17(32-16)12-31-21-18(25)9-13(24)10-19(21)26/h3-11H,2,12H2,1H3,(H,27,33)/b20-11+. The maximum Gasteiger partial charge on any atom is 0.281 e. The molecule has 1 aliphatic rings. The van der Waals surface area contributed by atoms with Crippen LogP contribution in [0.2, 0.25) is 15.1 Å². The zero-order valence-electron chi connectivity index (χ0n) is 17.2. The minimum Gasteiger partial charge on any atom is -0.494 e. The second kappa shape index (κ2) is 10.1. The van der Waals surface area contributed by atoms with Crippen LogP contribution < -0.4 is 19.7 Å². The van der Waals surface area contributed by atoms with Crippen molar-refractivity contribution in [3.05, 3.63) is 80.8 Å². The Morgan fingerprint density at radius 2 is 1.76 bits per heavy atom. The number of nitrogens with zero attached hydrogens (tertiary/aromatic N) is 1. The van der Waals surface area contributed by atoms with Gasteiger partial charge in [0, 0.05) is 11.1 Å². The van der Waals surface area contributed by atoms with E-state index in [9.17, 15) is 4.79 Å². The molecule has 1 N–H and O–H groups in total. The molecule has 0 radical (unpaired) electrons. The fourth-order valence-corrected chi connectivity index (χ4v) is 4.35. The lowest BCUT2D eigenvalue weighted by Crippen LogP contribution is -2.30. The molecule has 0 bridgehead atoms. The number of thiocarbonyl (C=S) groups is 1. The number of carbonyl (C=O) groups excluding carboxylic acids is 1. The van der Waals surface area contributed by atoms with E-state index >= 15 is 0 Å². The van der Waals surface area contributed by atoms with Crippen molar-refractivity contribution in [2.75, 3.05) is 11.5 Å². The third-order valence-electron chi connectivity index (χ3n) is 4.57. The highest BCUT2D eigenvalue weighted by atomic mass is 35.5. The second-order valence-corrected chi connectivity index (χ2v) is 8.48. The average Bonchev–Trinajstić information content (AvgIpc) is 3.32. The predicted octanol–water partition coefficient (Wildman–Crippen LogP) is 6.48. The van der Waals surface area contributed by atoms with Gasteiger partial charge in [0.2, 0.25) is 0 Å². The normalized spacial score (nSPS) is 14.7. The molecule has 2 aromatic carbocycles. The lowest BCUT2D eigenvalue weighted by atomic mass is 10.2. The Balaban J connectivity index is 1.45. The zero-order valence-corrected chi connectivity index (χ0v) is 20.3. The van der Waals surface area contributed by atoms with Gasteiger partial charge < -0.3 is 19.2 Å². The van der Waals surface area contributed by atoms with Crippen LogP contribution in [0.25, 0.3) is 6.08 Å². The number of hydrogen-bond donors (Lipinski definition) is 1. The maximum atomic E-state index is 12.9. The maximum absolute atomic E-state index is 12.9. The summed E-state index contributed by atoms with van der Waals surface area (Å²) < 4.78 is 16.9. The number of carbonyl (C=O) groups is 1. The molecule has 0 unspecified atom stereocenters. The molecule has 4 rings (SSSR count). The molecule has 170 valence electrons. The molecular weight excluding hydrogens is 507 g/mol. The van der Waals surface area contributed by atoms with Gasteiger partial charge in [-0.3, -0.25) is 9.69 Å². The molecule has 1 fully saturated rings. The summed E-state index contributed by atoms with van der Waals surface area (Å²) >= 11 is 23.5. The molecule has 0 atom stereocenters. The summed E-state index contributed by atoms with van der Waals surface area (Å²) in [5.41, 5.74) is 0.925. The van der Waals surface area contributed by atoms with Crippen LogP contribution in [-0.2, 0) is 11.4 Å². The van der Waals surface area contributed by atoms with E-state index in [-0.39, 0.29) is 17.6 Å². The third kappa shape index (κ3) is 5.28. The van der Waals surface area contributed by atoms with Crippen LogP contribution in [0.15, 0.2) is 58.6 Å². The molecule has 2 heterocycles. The van der Waals surface area contributed by atoms with Crippen LogP contribution in [0.3, 0.4) is 0 Å². The number of rotatable bonds is 7. The summed E-state index contributed by atoms with van der Waals surface area (Å²) in [5, 5.41) is 4.21. The lowest BCUT2D eigenvalue weighted by molar-refractivity contribution is -0.113. The molecular formula is C23H17Cl3N2O4S. The van der Waals surface area contributed by atoms with Gasteiger partial charge >= 0.3 is 0 Å². The molecule has 1 saturated heterocycles. The van der Waals surface area contributed by atoms with Gasteiger partial charge in [0.15, 0.2) is 10.9 Å². The first-order valence-corrected chi connectivity index (χ1v) is 11.4. The van der Waals surface area contributed by atoms with Gasteiger partial charge in [0.1, 0.15) is 29.6 Å². The fraction of sp³-hybridized carbons (Fsp3) is 0.130. The van der Waals surface area contributed by atoms with Crippen molar-refractivity contribution in [2.45, 2.75) is 13.5 Å². The Kier molecular flexibility index (Phi) is 7.14. The van der Waals surface area contributed by atoms with Crippen LogP contribution in [-0.4, -0.2) is 17.6 Å². The van der Waals surface area contributed by atoms with Crippen molar-refractivity contribution in [2.24, 2.45) is 0 Å². The van der Waals surface area contributed by atoms with E-state index in [2.05, 4.69) is 5.32 Å². The first-order valence-electron chi connectivity index (χ1n) is 9.81. The fourth-order valence-electron chi connectivity index (χ4n) is 3.13. The van der Waals surface area contributed by atoms with Crippen molar-refractivity contribution in [3.63, 3.8) is 0 Å². The van der Waals surface area contributed by atoms with Gasteiger partial charge in [-0.05, 0) is 67.7 Å². The molecule has 0 aliphatic carbocycles. The van der Waals surface area contributed by atoms with Crippen molar-refractivity contribution >= 4 is 69.8 Å². The SMILES string of the molecule is CCOc1ccc(N2C(=O)/C(=C\c3ccc(COc4c(Cl)cc(Cl)cc4Cl)o3)NC2=S)cc1. The van der Waals surface area contributed by atoms with E-state index in [1.54, 1.807) is 54.6 Å². The molecule has 0 saturated carbocycles. The van der Waals surface area contributed by atoms with Gasteiger partial charge in [-0.2, -0.15) is 0 Å². The molecule has 1 aliphatic heterocycles. The lowest BCUT2D eigenvalue weighted by Gasteiger charge is -2.14. The Labute approximate surface area is 210 Å². The van der Waals surface area contributed by atoms with E-state index in [1.165, 1.54) is 4.90 Å². The number of amides is 1. The van der Waals surface area contributed by atoms with E-state index in [4.69, 9.17) is 60.9 Å². The largest absolute Gasteiger partial charge is 0.494 e. The molecule has 1 aromatic heterocycles. The van der Waals surface area contributed by atoms with E-state index < -0.39 is 0 Å². The third-order valence-corrected chi connectivity index (χ3v) is 5.64. The van der Waals surface area contributed by atoms with Crippen LogP contribution >= 0.6 is 47.0 Å². The number of furan rings is 1. The van der Waals surface area contributed by atoms with Crippen molar-refractivity contribution in [3.8, 4) is 11.5 Å². The number of ether oxygens (including phenoxy) is 2. The number of benzene rings is 2. The van der Waals surface area contributed by atoms with Gasteiger partial charge in [-0.25, -0.2) is 0 Å². The molecule has 3 aromatic rings. The summed E-state index contributed by atoms with van der Waals surface area (Å²) in [5.74, 6) is 1.70. The Morgan fingerprint density at radius 3 is 2.42 bits per heavy atom. The highest BCUT2D eigenvalue weighted by Crippen LogP contribution is 2.36. The summed E-state index contributed by atoms with van der Waals surface area (Å²) in [4.78, 5) is 14.3. The van der Waals surface area contributed by atoms with Crippen LogP contribution in [0.1, 0.15) is 18.4 Å². The predicted molar refractivity (Wildman–Crippen MR) is 133 cm³/mol. The summed E-state index contributed by atoms with van der Waals surface area (Å²) in [6.45, 7) is 2.55. The van der Waals surface area contributed by atoms with E-state index in [0.29, 0.717) is 56.1 Å². The van der Waals surface area contributed by atoms with Crippen molar-refractivity contribution in [1.29, 1.82) is 0 Å². The second-order valence-electron chi connectivity index (χ2n) is 6.85. The Bertz CT molecular complexity index is 1220. The van der Waals surface area contributed by atoms with E-state index in [0.717, 1.165) is 0 Å².